The van der Waals surface area contributed by atoms with Crippen molar-refractivity contribution in [2.24, 2.45) is 0 Å². The summed E-state index contributed by atoms with van der Waals surface area (Å²) in [4.78, 5) is 12.8. The molecule has 3 rings (SSSR count). The maximum atomic E-state index is 12.8. The molecule has 0 N–H and O–H groups in total. The van der Waals surface area contributed by atoms with E-state index in [0.29, 0.717) is 5.92 Å². The van der Waals surface area contributed by atoms with Gasteiger partial charge < -0.3 is 4.74 Å². The Hall–Kier alpha value is -2.09. The van der Waals surface area contributed by atoms with Crippen molar-refractivity contribution in [2.75, 3.05) is 7.11 Å². The molecule has 2 aromatic carbocycles. The summed E-state index contributed by atoms with van der Waals surface area (Å²) in [6, 6.07) is 16.1. The first-order valence-corrected chi connectivity index (χ1v) is 8.97. The van der Waals surface area contributed by atoms with Crippen LogP contribution in [0, 0.1) is 0 Å². The minimum atomic E-state index is -0.166. The van der Waals surface area contributed by atoms with Gasteiger partial charge in [0.15, 0.2) is 5.78 Å². The second kappa shape index (κ2) is 7.65. The van der Waals surface area contributed by atoms with E-state index in [-0.39, 0.29) is 11.7 Å². The van der Waals surface area contributed by atoms with Gasteiger partial charge in [0.1, 0.15) is 5.75 Å². The van der Waals surface area contributed by atoms with Crippen LogP contribution < -0.4 is 4.74 Å². The molecular weight excluding hydrogens is 296 g/mol. The molecule has 0 radical (unpaired) electrons. The van der Waals surface area contributed by atoms with E-state index in [1.807, 2.05) is 43.3 Å². The largest absolute Gasteiger partial charge is 0.497 e. The van der Waals surface area contributed by atoms with Gasteiger partial charge in [0.05, 0.1) is 7.11 Å². The zero-order chi connectivity index (χ0) is 16.9. The fourth-order valence-electron chi connectivity index (χ4n) is 3.67. The average molecular weight is 322 g/mol. The van der Waals surface area contributed by atoms with Gasteiger partial charge in [0.25, 0.3) is 0 Å². The van der Waals surface area contributed by atoms with Gasteiger partial charge >= 0.3 is 0 Å². The maximum absolute atomic E-state index is 12.8. The smallest absolute Gasteiger partial charge is 0.170 e. The lowest BCUT2D eigenvalue weighted by Gasteiger charge is -2.22. The van der Waals surface area contributed by atoms with Crippen LogP contribution in [0.5, 0.6) is 5.75 Å². The molecule has 1 saturated carbocycles. The molecule has 0 saturated heterocycles. The second-order valence-electron chi connectivity index (χ2n) is 6.82. The Bertz CT molecular complexity index is 681. The number of ketones is 1. The van der Waals surface area contributed by atoms with Crippen molar-refractivity contribution in [1.82, 2.24) is 0 Å². The zero-order valence-electron chi connectivity index (χ0n) is 14.6. The minimum absolute atomic E-state index is 0.165. The third-order valence-electron chi connectivity index (χ3n) is 5.26. The van der Waals surface area contributed by atoms with Gasteiger partial charge in [-0.1, -0.05) is 62.6 Å². The Morgan fingerprint density at radius 3 is 2.42 bits per heavy atom. The number of ether oxygens (including phenoxy) is 1. The summed E-state index contributed by atoms with van der Waals surface area (Å²) in [7, 11) is 1.65. The van der Waals surface area contributed by atoms with E-state index in [2.05, 4.69) is 12.1 Å². The van der Waals surface area contributed by atoms with E-state index >= 15 is 0 Å². The van der Waals surface area contributed by atoms with E-state index in [4.69, 9.17) is 4.74 Å². The molecule has 1 aliphatic carbocycles. The fourth-order valence-corrected chi connectivity index (χ4v) is 3.67. The van der Waals surface area contributed by atoms with Gasteiger partial charge in [-0.2, -0.15) is 0 Å². The summed E-state index contributed by atoms with van der Waals surface area (Å²) in [5.41, 5.74) is 3.18. The quantitative estimate of drug-likeness (QED) is 0.657. The number of rotatable bonds is 5. The molecule has 0 heterocycles. The van der Waals surface area contributed by atoms with Crippen molar-refractivity contribution >= 4 is 5.78 Å². The van der Waals surface area contributed by atoms with E-state index in [0.717, 1.165) is 16.9 Å². The van der Waals surface area contributed by atoms with Gasteiger partial charge in [-0.05, 0) is 42.0 Å². The van der Waals surface area contributed by atoms with Crippen LogP contribution in [-0.4, -0.2) is 12.9 Å². The Morgan fingerprint density at radius 1 is 1.04 bits per heavy atom. The van der Waals surface area contributed by atoms with Gasteiger partial charge in [-0.25, -0.2) is 0 Å². The summed E-state index contributed by atoms with van der Waals surface area (Å²) in [5.74, 6) is 1.47. The monoisotopic (exact) mass is 322 g/mol. The molecule has 2 heteroatoms. The van der Waals surface area contributed by atoms with Crippen LogP contribution in [0.15, 0.2) is 48.5 Å². The topological polar surface area (TPSA) is 26.3 Å². The summed E-state index contributed by atoms with van der Waals surface area (Å²) in [5, 5.41) is 0. The standard InChI is InChI=1S/C22H26O2/c1-16(20-9-6-10-21(15-20)24-2)22(23)19-13-11-18(12-14-19)17-7-4-3-5-8-17/h6,9-17H,3-5,7-8H2,1-2H3. The highest BCUT2D eigenvalue weighted by Crippen LogP contribution is 2.33. The molecule has 0 bridgehead atoms. The molecule has 1 fully saturated rings. The van der Waals surface area contributed by atoms with Crippen molar-refractivity contribution in [1.29, 1.82) is 0 Å². The third-order valence-corrected chi connectivity index (χ3v) is 5.26. The molecule has 1 aliphatic rings. The highest BCUT2D eigenvalue weighted by molar-refractivity contribution is 6.00. The van der Waals surface area contributed by atoms with Crippen LogP contribution in [0.2, 0.25) is 0 Å². The zero-order valence-corrected chi connectivity index (χ0v) is 14.6. The molecule has 1 atom stereocenters. The molecule has 126 valence electrons. The van der Waals surface area contributed by atoms with Crippen LogP contribution in [0.25, 0.3) is 0 Å². The maximum Gasteiger partial charge on any atom is 0.170 e. The Labute approximate surface area is 144 Å². The molecule has 1 unspecified atom stereocenters. The van der Waals surface area contributed by atoms with E-state index in [1.54, 1.807) is 7.11 Å². The SMILES string of the molecule is COc1cccc(C(C)C(=O)c2ccc(C3CCCCC3)cc2)c1. The number of benzene rings is 2. The van der Waals surface area contributed by atoms with E-state index in [9.17, 15) is 4.79 Å². The number of carbonyl (C=O) groups is 1. The Morgan fingerprint density at radius 2 is 1.75 bits per heavy atom. The number of hydrogen-bond donors (Lipinski definition) is 0. The number of hydrogen-bond acceptors (Lipinski definition) is 2. The Kier molecular flexibility index (Phi) is 5.34. The summed E-state index contributed by atoms with van der Waals surface area (Å²) in [6.45, 7) is 1.96. The van der Waals surface area contributed by atoms with Crippen molar-refractivity contribution in [3.8, 4) is 5.75 Å². The van der Waals surface area contributed by atoms with Crippen LogP contribution >= 0.6 is 0 Å². The summed E-state index contributed by atoms with van der Waals surface area (Å²) >= 11 is 0. The minimum Gasteiger partial charge on any atom is -0.497 e. The van der Waals surface area contributed by atoms with E-state index < -0.39 is 0 Å². The van der Waals surface area contributed by atoms with Gasteiger partial charge in [0.2, 0.25) is 0 Å². The summed E-state index contributed by atoms with van der Waals surface area (Å²) < 4.78 is 5.26. The number of Topliss-reactive ketones (excluding diaryl/α,β-unsaturated/α-hetero) is 1. The number of carbonyl (C=O) groups excluding carboxylic acids is 1. The molecule has 0 spiro atoms. The molecule has 24 heavy (non-hydrogen) atoms. The highest BCUT2D eigenvalue weighted by Gasteiger charge is 2.19. The second-order valence-corrected chi connectivity index (χ2v) is 6.82. The first kappa shape index (κ1) is 16.8. The average Bonchev–Trinajstić information content (AvgIpc) is 2.67. The normalized spacial score (nSPS) is 16.6. The van der Waals surface area contributed by atoms with Crippen LogP contribution in [0.3, 0.4) is 0 Å². The van der Waals surface area contributed by atoms with Crippen LogP contribution in [0.1, 0.15) is 72.3 Å². The lowest BCUT2D eigenvalue weighted by Crippen LogP contribution is -2.10. The predicted molar refractivity (Wildman–Crippen MR) is 98.0 cm³/mol. The number of methoxy groups -OCH3 is 1. The first-order valence-electron chi connectivity index (χ1n) is 8.97. The molecule has 2 aromatic rings. The van der Waals surface area contributed by atoms with Gasteiger partial charge in [0, 0.05) is 11.5 Å². The van der Waals surface area contributed by atoms with Crippen molar-refractivity contribution in [3.63, 3.8) is 0 Å². The third kappa shape index (κ3) is 3.69. The Balaban J connectivity index is 1.74. The van der Waals surface area contributed by atoms with Crippen molar-refractivity contribution in [3.05, 3.63) is 65.2 Å². The van der Waals surface area contributed by atoms with Crippen molar-refractivity contribution < 1.29 is 9.53 Å². The molecule has 2 nitrogen and oxygen atoms in total. The van der Waals surface area contributed by atoms with Crippen LogP contribution in [-0.2, 0) is 0 Å². The first-order chi connectivity index (χ1) is 11.7. The molecule has 0 aliphatic heterocycles. The van der Waals surface area contributed by atoms with E-state index in [1.165, 1.54) is 37.7 Å². The molecule has 0 amide bonds. The lowest BCUT2D eigenvalue weighted by molar-refractivity contribution is 0.0966. The van der Waals surface area contributed by atoms with Gasteiger partial charge in [-0.15, -0.1) is 0 Å². The van der Waals surface area contributed by atoms with Crippen molar-refractivity contribution in [2.45, 2.75) is 50.9 Å². The predicted octanol–water partition coefficient (Wildman–Crippen LogP) is 5.73. The summed E-state index contributed by atoms with van der Waals surface area (Å²) in [6.07, 6.45) is 6.60. The van der Waals surface area contributed by atoms with Crippen LogP contribution in [0.4, 0.5) is 0 Å². The highest BCUT2D eigenvalue weighted by atomic mass is 16.5. The molecular formula is C22H26O2. The lowest BCUT2D eigenvalue weighted by atomic mass is 9.83. The van der Waals surface area contributed by atoms with Gasteiger partial charge in [-0.3, -0.25) is 4.79 Å². The molecule has 0 aromatic heterocycles. The fraction of sp³-hybridized carbons (Fsp3) is 0.409.